The standard InChI is InChI=1S/C7H7FO3S.Na/c1-5-4-6(12-11-10-9)2-3-7(5)8;/h2-4,9H,1H3;/q;+1/p-1. The van der Waals surface area contributed by atoms with Gasteiger partial charge in [-0.15, -0.1) is 0 Å². The van der Waals surface area contributed by atoms with Crippen LogP contribution in [0.3, 0.4) is 0 Å². The van der Waals surface area contributed by atoms with Crippen LogP contribution in [0, 0.1) is 12.7 Å². The molecule has 0 radical (unpaired) electrons. The Balaban J connectivity index is 0.00000144. The van der Waals surface area contributed by atoms with E-state index in [9.17, 15) is 9.65 Å². The van der Waals surface area contributed by atoms with Crippen molar-refractivity contribution >= 4 is 12.0 Å². The third-order valence-electron chi connectivity index (χ3n) is 1.29. The summed E-state index contributed by atoms with van der Waals surface area (Å²) < 4.78 is 16.7. The molecule has 0 aliphatic heterocycles. The molecule has 6 heteroatoms. The van der Waals surface area contributed by atoms with Crippen molar-refractivity contribution < 1.29 is 48.6 Å². The predicted octanol–water partition coefficient (Wildman–Crippen LogP) is -1.63. The van der Waals surface area contributed by atoms with Crippen LogP contribution in [-0.2, 0) is 9.37 Å². The van der Waals surface area contributed by atoms with Crippen molar-refractivity contribution in [3.05, 3.63) is 29.6 Å². The summed E-state index contributed by atoms with van der Waals surface area (Å²) in [6, 6.07) is 4.34. The number of halogens is 1. The van der Waals surface area contributed by atoms with Crippen LogP contribution in [0.1, 0.15) is 5.56 Å². The van der Waals surface area contributed by atoms with E-state index in [-0.39, 0.29) is 35.4 Å². The van der Waals surface area contributed by atoms with Gasteiger partial charge in [-0.25, -0.2) is 4.39 Å². The average molecular weight is 212 g/mol. The molecule has 0 fully saturated rings. The molecule has 1 rings (SSSR count). The number of rotatable bonds is 3. The fourth-order valence-electron chi connectivity index (χ4n) is 0.722. The fraction of sp³-hybridized carbons (Fsp3) is 0.143. The van der Waals surface area contributed by atoms with Crippen molar-refractivity contribution in [2.45, 2.75) is 11.8 Å². The van der Waals surface area contributed by atoms with Gasteiger partial charge in [0.25, 0.3) is 0 Å². The van der Waals surface area contributed by atoms with E-state index < -0.39 is 0 Å². The first kappa shape index (κ1) is 13.4. The van der Waals surface area contributed by atoms with E-state index in [1.807, 2.05) is 0 Å². The summed E-state index contributed by atoms with van der Waals surface area (Å²) in [5, 5.41) is 12.6. The molecule has 0 atom stereocenters. The number of hydrogen-bond donors (Lipinski definition) is 0. The Bertz CT molecular complexity index is 272. The number of benzene rings is 1. The van der Waals surface area contributed by atoms with Crippen molar-refractivity contribution in [1.29, 1.82) is 0 Å². The molecule has 13 heavy (non-hydrogen) atoms. The quantitative estimate of drug-likeness (QED) is 0.261. The van der Waals surface area contributed by atoms with E-state index in [0.29, 0.717) is 10.5 Å². The van der Waals surface area contributed by atoms with Gasteiger partial charge in [0.15, 0.2) is 0 Å². The van der Waals surface area contributed by atoms with E-state index in [1.165, 1.54) is 12.1 Å². The van der Waals surface area contributed by atoms with Crippen LogP contribution in [0.5, 0.6) is 0 Å². The Hall–Kier alpha value is 0.380. The summed E-state index contributed by atoms with van der Waals surface area (Å²) in [4.78, 5) is 0.616. The van der Waals surface area contributed by atoms with Crippen LogP contribution >= 0.6 is 12.0 Å². The predicted molar refractivity (Wildman–Crippen MR) is 39.2 cm³/mol. The molecule has 0 N–H and O–H groups in total. The fourth-order valence-corrected chi connectivity index (χ4v) is 1.18. The molecule has 0 saturated carbocycles. The monoisotopic (exact) mass is 212 g/mol. The Morgan fingerprint density at radius 1 is 1.46 bits per heavy atom. The van der Waals surface area contributed by atoms with E-state index in [1.54, 1.807) is 13.0 Å². The van der Waals surface area contributed by atoms with E-state index in [2.05, 4.69) is 9.37 Å². The minimum atomic E-state index is -0.289. The number of aryl methyl sites for hydroxylation is 1. The zero-order valence-electron chi connectivity index (χ0n) is 7.24. The molecular formula is C7H6FNaO3S. The third-order valence-corrected chi connectivity index (χ3v) is 1.86. The molecule has 0 amide bonds. The zero-order valence-corrected chi connectivity index (χ0v) is 10.1. The van der Waals surface area contributed by atoms with Gasteiger partial charge in [0.1, 0.15) is 5.82 Å². The maximum atomic E-state index is 12.7. The van der Waals surface area contributed by atoms with Crippen molar-refractivity contribution in [3.63, 3.8) is 0 Å². The van der Waals surface area contributed by atoms with Gasteiger partial charge in [0.2, 0.25) is 0 Å². The average Bonchev–Trinajstić information content (AvgIpc) is 2.07. The first-order valence-corrected chi connectivity index (χ1v) is 3.87. The third kappa shape index (κ3) is 4.42. The zero-order chi connectivity index (χ0) is 8.97. The van der Waals surface area contributed by atoms with Crippen LogP contribution in [0.2, 0.25) is 0 Å². The second-order valence-electron chi connectivity index (χ2n) is 2.13. The minimum Gasteiger partial charge on any atom is -0.691 e. The maximum Gasteiger partial charge on any atom is 1.00 e. The van der Waals surface area contributed by atoms with Crippen LogP contribution in [0.15, 0.2) is 23.1 Å². The SMILES string of the molecule is Cc1cc(SOO[O-])ccc1F.[Na+]. The topological polar surface area (TPSA) is 41.5 Å². The first-order valence-electron chi connectivity index (χ1n) is 3.13. The molecule has 66 valence electrons. The molecule has 1 aromatic rings. The van der Waals surface area contributed by atoms with Gasteiger partial charge in [0.05, 0.1) is 12.0 Å². The van der Waals surface area contributed by atoms with Gasteiger partial charge in [-0.1, -0.05) is 0 Å². The molecule has 1 aromatic carbocycles. The molecule has 3 nitrogen and oxygen atoms in total. The van der Waals surface area contributed by atoms with Crippen molar-refractivity contribution in [2.24, 2.45) is 0 Å². The Kier molecular flexibility index (Phi) is 6.98. The molecule has 0 aliphatic rings. The molecular weight excluding hydrogens is 206 g/mol. The van der Waals surface area contributed by atoms with E-state index in [4.69, 9.17) is 0 Å². The van der Waals surface area contributed by atoms with Gasteiger partial charge in [0, 0.05) is 4.90 Å². The van der Waals surface area contributed by atoms with Gasteiger partial charge in [-0.2, -0.15) is 4.33 Å². The first-order chi connectivity index (χ1) is 5.74. The molecule has 0 aliphatic carbocycles. The van der Waals surface area contributed by atoms with Gasteiger partial charge in [-0.05, 0) is 30.7 Å². The second kappa shape index (κ2) is 6.78. The summed E-state index contributed by atoms with van der Waals surface area (Å²) >= 11 is 0.742. The smallest absolute Gasteiger partial charge is 0.691 e. The summed E-state index contributed by atoms with van der Waals surface area (Å²) in [5.74, 6) is -0.289. The Morgan fingerprint density at radius 3 is 2.69 bits per heavy atom. The Labute approximate surface area is 102 Å². The van der Waals surface area contributed by atoms with Crippen molar-refractivity contribution in [1.82, 2.24) is 0 Å². The normalized spacial score (nSPS) is 9.46. The summed E-state index contributed by atoms with van der Waals surface area (Å²) in [6.45, 7) is 1.62. The van der Waals surface area contributed by atoms with E-state index in [0.717, 1.165) is 12.0 Å². The van der Waals surface area contributed by atoms with Gasteiger partial charge < -0.3 is 5.26 Å². The van der Waals surface area contributed by atoms with E-state index >= 15 is 0 Å². The second-order valence-corrected chi connectivity index (χ2v) is 2.90. The largest absolute Gasteiger partial charge is 1.00 e. The van der Waals surface area contributed by atoms with Gasteiger partial charge >= 0.3 is 29.6 Å². The van der Waals surface area contributed by atoms with Crippen LogP contribution in [0.4, 0.5) is 4.39 Å². The molecule has 0 bridgehead atoms. The molecule has 0 spiro atoms. The molecule has 0 heterocycles. The summed E-state index contributed by atoms with van der Waals surface area (Å²) in [5.41, 5.74) is 0.495. The molecule has 0 aromatic heterocycles. The summed E-state index contributed by atoms with van der Waals surface area (Å²) in [7, 11) is 0. The minimum absolute atomic E-state index is 0. The van der Waals surface area contributed by atoms with Crippen LogP contribution < -0.4 is 34.8 Å². The summed E-state index contributed by atoms with van der Waals surface area (Å²) in [6.07, 6.45) is 0. The molecule has 0 unspecified atom stereocenters. The number of hydrogen-bond acceptors (Lipinski definition) is 4. The van der Waals surface area contributed by atoms with Crippen LogP contribution in [0.25, 0.3) is 0 Å². The van der Waals surface area contributed by atoms with Crippen molar-refractivity contribution in [3.8, 4) is 0 Å². The molecule has 0 saturated heterocycles. The van der Waals surface area contributed by atoms with Crippen LogP contribution in [-0.4, -0.2) is 0 Å². The van der Waals surface area contributed by atoms with Crippen molar-refractivity contribution in [2.75, 3.05) is 0 Å². The Morgan fingerprint density at radius 2 is 2.15 bits per heavy atom. The maximum absolute atomic E-state index is 12.7. The van der Waals surface area contributed by atoms with Gasteiger partial charge in [-0.3, -0.25) is 5.04 Å².